The van der Waals surface area contributed by atoms with Crippen molar-refractivity contribution < 1.29 is 9.59 Å². The number of carbonyl (C=O) groups is 2. The second-order valence-electron chi connectivity index (χ2n) is 7.20. The van der Waals surface area contributed by atoms with Crippen LogP contribution in [-0.2, 0) is 17.8 Å². The summed E-state index contributed by atoms with van der Waals surface area (Å²) < 4.78 is 2.19. The topological polar surface area (TPSA) is 115 Å². The molecule has 0 saturated heterocycles. The van der Waals surface area contributed by atoms with Crippen molar-refractivity contribution in [2.75, 3.05) is 5.32 Å². The summed E-state index contributed by atoms with van der Waals surface area (Å²) in [5, 5.41) is 14.0. The lowest BCUT2D eigenvalue weighted by Gasteiger charge is -2.20. The van der Waals surface area contributed by atoms with E-state index in [9.17, 15) is 9.59 Å². The molecule has 1 aliphatic rings. The highest BCUT2D eigenvalue weighted by atomic mass is 16.2. The fourth-order valence-corrected chi connectivity index (χ4v) is 3.31. The number of nitrogens with zero attached hydrogens (tertiary/aromatic N) is 3. The molecule has 27 heavy (non-hydrogen) atoms. The number of hydrogen-bond donors (Lipinski definition) is 3. The highest BCUT2D eigenvalue weighted by molar-refractivity contribution is 5.97. The molecule has 8 heteroatoms. The largest absolute Gasteiger partial charge is 0.352 e. The zero-order valence-corrected chi connectivity index (χ0v) is 15.7. The number of aryl methyl sites for hydroxylation is 1. The molecule has 0 aliphatic carbocycles. The van der Waals surface area contributed by atoms with E-state index in [1.54, 1.807) is 0 Å². The molecule has 2 heterocycles. The molecule has 1 unspecified atom stereocenters. The Morgan fingerprint density at radius 1 is 1.11 bits per heavy atom. The molecule has 3 rings (SSSR count). The molecule has 1 aromatic carbocycles. The van der Waals surface area contributed by atoms with Gasteiger partial charge in [-0.3, -0.25) is 4.79 Å². The summed E-state index contributed by atoms with van der Waals surface area (Å²) in [5.74, 6) is 1.52. The van der Waals surface area contributed by atoms with Gasteiger partial charge in [-0.2, -0.15) is 0 Å². The maximum atomic E-state index is 12.4. The number of hydrogen-bond acceptors (Lipinski definition) is 4. The van der Waals surface area contributed by atoms with Crippen LogP contribution in [0.1, 0.15) is 38.9 Å². The molecule has 4 N–H and O–H groups in total. The van der Waals surface area contributed by atoms with E-state index in [0.717, 1.165) is 43.0 Å². The number of carbonyl (C=O) groups excluding carboxylic acids is 2. The van der Waals surface area contributed by atoms with Crippen LogP contribution in [0.5, 0.6) is 0 Å². The molecule has 3 amide bonds. The summed E-state index contributed by atoms with van der Waals surface area (Å²) in [7, 11) is 0. The van der Waals surface area contributed by atoms with Crippen molar-refractivity contribution in [3.63, 3.8) is 0 Å². The van der Waals surface area contributed by atoms with E-state index in [4.69, 9.17) is 5.73 Å². The number of rotatable bonds is 5. The van der Waals surface area contributed by atoms with E-state index in [-0.39, 0.29) is 11.8 Å². The van der Waals surface area contributed by atoms with Crippen LogP contribution >= 0.6 is 0 Å². The number of nitrogens with one attached hydrogen (secondary N) is 2. The van der Waals surface area contributed by atoms with Gasteiger partial charge in [0, 0.05) is 24.2 Å². The minimum atomic E-state index is -0.716. The van der Waals surface area contributed by atoms with E-state index in [1.165, 1.54) is 6.42 Å². The fourth-order valence-electron chi connectivity index (χ4n) is 3.31. The van der Waals surface area contributed by atoms with Crippen LogP contribution < -0.4 is 16.4 Å². The number of amides is 3. The summed E-state index contributed by atoms with van der Waals surface area (Å²) in [6.45, 7) is 4.63. The zero-order valence-electron chi connectivity index (χ0n) is 15.7. The lowest BCUT2D eigenvalue weighted by molar-refractivity contribution is -0.118. The van der Waals surface area contributed by atoms with E-state index in [1.807, 2.05) is 38.1 Å². The predicted octanol–water partition coefficient (Wildman–Crippen LogP) is 2.30. The van der Waals surface area contributed by atoms with Gasteiger partial charge in [0.2, 0.25) is 5.91 Å². The molecule has 1 aromatic heterocycles. The first kappa shape index (κ1) is 18.9. The lowest BCUT2D eigenvalue weighted by atomic mass is 10.0. The van der Waals surface area contributed by atoms with Gasteiger partial charge in [-0.25, -0.2) is 4.79 Å². The van der Waals surface area contributed by atoms with E-state index in [2.05, 4.69) is 25.4 Å². The Hall–Kier alpha value is -2.90. The van der Waals surface area contributed by atoms with Crippen LogP contribution in [0.3, 0.4) is 0 Å². The molecule has 0 bridgehead atoms. The maximum Gasteiger partial charge on any atom is 0.312 e. The monoisotopic (exact) mass is 370 g/mol. The van der Waals surface area contributed by atoms with Crippen LogP contribution in [0.15, 0.2) is 24.3 Å². The van der Waals surface area contributed by atoms with Gasteiger partial charge in [0.25, 0.3) is 0 Å². The molecule has 144 valence electrons. The molecule has 0 spiro atoms. The number of urea groups is 1. The Kier molecular flexibility index (Phi) is 5.73. The van der Waals surface area contributed by atoms with Gasteiger partial charge in [-0.15, -0.1) is 10.2 Å². The Bertz CT molecular complexity index is 812. The van der Waals surface area contributed by atoms with Crippen molar-refractivity contribution in [3.05, 3.63) is 30.1 Å². The highest BCUT2D eigenvalue weighted by Gasteiger charge is 2.23. The van der Waals surface area contributed by atoms with E-state index in [0.29, 0.717) is 5.69 Å². The molecule has 0 fully saturated rings. The van der Waals surface area contributed by atoms with Gasteiger partial charge >= 0.3 is 6.03 Å². The average Bonchev–Trinajstić information content (AvgIpc) is 2.88. The van der Waals surface area contributed by atoms with Gasteiger partial charge in [0.15, 0.2) is 5.82 Å². The summed E-state index contributed by atoms with van der Waals surface area (Å²) in [5.41, 5.74) is 6.77. The van der Waals surface area contributed by atoms with Crippen LogP contribution in [0.25, 0.3) is 11.4 Å². The molecule has 1 aliphatic heterocycles. The third-order valence-corrected chi connectivity index (χ3v) is 4.77. The minimum absolute atomic E-state index is 0.0803. The fraction of sp³-hybridized carbons (Fsp3) is 0.474. The van der Waals surface area contributed by atoms with Crippen LogP contribution in [0.2, 0.25) is 0 Å². The van der Waals surface area contributed by atoms with Crippen LogP contribution in [0, 0.1) is 5.92 Å². The highest BCUT2D eigenvalue weighted by Crippen LogP contribution is 2.24. The van der Waals surface area contributed by atoms with E-state index >= 15 is 0 Å². The molecule has 0 radical (unpaired) electrons. The van der Waals surface area contributed by atoms with Crippen LogP contribution in [-0.4, -0.2) is 32.7 Å². The van der Waals surface area contributed by atoms with Gasteiger partial charge in [-0.1, -0.05) is 20.3 Å². The molecule has 1 atom stereocenters. The summed E-state index contributed by atoms with van der Waals surface area (Å²) in [6.07, 6.45) is 4.46. The second kappa shape index (κ2) is 8.20. The first-order valence-corrected chi connectivity index (χ1v) is 9.35. The van der Waals surface area contributed by atoms with Crippen molar-refractivity contribution >= 4 is 17.6 Å². The van der Waals surface area contributed by atoms with Gasteiger partial charge < -0.3 is 20.9 Å². The number of aromatic nitrogens is 3. The first-order valence-electron chi connectivity index (χ1n) is 9.35. The first-order chi connectivity index (χ1) is 13.0. The zero-order chi connectivity index (χ0) is 19.4. The van der Waals surface area contributed by atoms with E-state index < -0.39 is 12.1 Å². The quantitative estimate of drug-likeness (QED) is 0.749. The number of nitrogens with two attached hydrogens (primary N) is 1. The Balaban J connectivity index is 1.73. The smallest absolute Gasteiger partial charge is 0.312 e. The summed E-state index contributed by atoms with van der Waals surface area (Å²) in [6, 6.07) is 6.09. The Morgan fingerprint density at radius 3 is 2.52 bits per heavy atom. The van der Waals surface area contributed by atoms with Crippen molar-refractivity contribution in [2.45, 2.75) is 52.1 Å². The second-order valence-corrected chi connectivity index (χ2v) is 7.20. The average molecular weight is 370 g/mol. The third kappa shape index (κ3) is 4.45. The van der Waals surface area contributed by atoms with Crippen LogP contribution in [0.4, 0.5) is 10.5 Å². The SMILES string of the molecule is CC(C)C(NC(N)=O)C(=O)Nc1ccc(-c2nnc3n2CCCCC3)cc1. The van der Waals surface area contributed by atoms with Gasteiger partial charge in [-0.05, 0) is 43.0 Å². The van der Waals surface area contributed by atoms with Crippen molar-refractivity contribution in [1.29, 1.82) is 0 Å². The normalized spacial score (nSPS) is 14.9. The van der Waals surface area contributed by atoms with Crippen molar-refractivity contribution in [2.24, 2.45) is 11.7 Å². The van der Waals surface area contributed by atoms with Crippen molar-refractivity contribution in [1.82, 2.24) is 20.1 Å². The van der Waals surface area contributed by atoms with Crippen molar-refractivity contribution in [3.8, 4) is 11.4 Å². The Labute approximate surface area is 158 Å². The predicted molar refractivity (Wildman–Crippen MR) is 103 cm³/mol. The number of anilines is 1. The number of fused-ring (bicyclic) bond motifs is 1. The maximum absolute atomic E-state index is 12.4. The summed E-state index contributed by atoms with van der Waals surface area (Å²) in [4.78, 5) is 23.5. The summed E-state index contributed by atoms with van der Waals surface area (Å²) >= 11 is 0. The molecule has 8 nitrogen and oxygen atoms in total. The number of primary amides is 1. The molecular formula is C19H26N6O2. The van der Waals surface area contributed by atoms with Gasteiger partial charge in [0.05, 0.1) is 0 Å². The standard InChI is InChI=1S/C19H26N6O2/c1-12(2)16(22-19(20)27)18(26)21-14-9-7-13(8-10-14)17-24-23-15-6-4-3-5-11-25(15)17/h7-10,12,16H,3-6,11H2,1-2H3,(H,21,26)(H3,20,22,27). The molecular weight excluding hydrogens is 344 g/mol. The van der Waals surface area contributed by atoms with Gasteiger partial charge in [0.1, 0.15) is 11.9 Å². The molecule has 2 aromatic rings. The third-order valence-electron chi connectivity index (χ3n) is 4.77. The minimum Gasteiger partial charge on any atom is -0.352 e. The lowest BCUT2D eigenvalue weighted by Crippen LogP contribution is -2.49. The Morgan fingerprint density at radius 2 is 1.85 bits per heavy atom. The number of benzene rings is 1. The molecule has 0 saturated carbocycles.